The van der Waals surface area contributed by atoms with Gasteiger partial charge in [0.25, 0.3) is 0 Å². The van der Waals surface area contributed by atoms with Gasteiger partial charge < -0.3 is 14.8 Å². The van der Waals surface area contributed by atoms with Crippen LogP contribution in [-0.4, -0.2) is 16.1 Å². The largest absolute Gasteiger partial charge is 0.478 e. The molecule has 0 aliphatic heterocycles. The highest BCUT2D eigenvalue weighted by molar-refractivity contribution is 5.94. The van der Waals surface area contributed by atoms with Gasteiger partial charge in [-0.1, -0.05) is 24.3 Å². The predicted octanol–water partition coefficient (Wildman–Crippen LogP) is 6.05. The molecule has 0 aliphatic rings. The normalized spacial score (nSPS) is 12.5. The minimum atomic E-state index is -4.96. The van der Waals surface area contributed by atoms with Gasteiger partial charge in [0.15, 0.2) is 5.76 Å². The van der Waals surface area contributed by atoms with Gasteiger partial charge in [0.1, 0.15) is 16.8 Å². The van der Waals surface area contributed by atoms with Crippen LogP contribution >= 0.6 is 0 Å². The molecule has 0 aliphatic carbocycles. The van der Waals surface area contributed by atoms with E-state index in [0.29, 0.717) is 16.8 Å². The molecule has 0 saturated carbocycles. The average Bonchev–Trinajstić information content (AvgIpc) is 2.78. The molecule has 174 valence electrons. The summed E-state index contributed by atoms with van der Waals surface area (Å²) in [5, 5.41) is 12.3. The molecule has 34 heavy (non-hydrogen) atoms. The smallest absolute Gasteiger partial charge is 0.423 e. The fraction of sp³-hybridized carbons (Fsp3) is 0.160. The Morgan fingerprint density at radius 1 is 1.12 bits per heavy atom. The molecule has 2 N–H and O–H groups in total. The molecular formula is C25H19F3N2O4. The lowest BCUT2D eigenvalue weighted by atomic mass is 9.98. The number of anilines is 1. The average molecular weight is 468 g/mol. The van der Waals surface area contributed by atoms with Gasteiger partial charge in [-0.25, -0.2) is 4.79 Å². The van der Waals surface area contributed by atoms with E-state index in [2.05, 4.69) is 10.3 Å². The van der Waals surface area contributed by atoms with Crippen molar-refractivity contribution in [2.45, 2.75) is 26.1 Å². The molecule has 2 aromatic carbocycles. The van der Waals surface area contributed by atoms with E-state index in [1.165, 1.54) is 36.5 Å². The molecule has 0 radical (unpaired) electrons. The van der Waals surface area contributed by atoms with Gasteiger partial charge in [-0.2, -0.15) is 13.2 Å². The number of nitrogens with one attached hydrogen (secondary N) is 1. The number of hydrogen-bond acceptors (Lipinski definition) is 5. The Bertz CT molecular complexity index is 1450. The Morgan fingerprint density at radius 2 is 1.82 bits per heavy atom. The number of rotatable bonds is 5. The van der Waals surface area contributed by atoms with Crippen molar-refractivity contribution in [3.8, 4) is 11.5 Å². The van der Waals surface area contributed by atoms with Crippen molar-refractivity contribution < 1.29 is 27.5 Å². The fourth-order valence-electron chi connectivity index (χ4n) is 3.84. The number of aromatic carboxylic acids is 1. The summed E-state index contributed by atoms with van der Waals surface area (Å²) in [6.07, 6.45) is -3.65. The van der Waals surface area contributed by atoms with Crippen molar-refractivity contribution in [1.82, 2.24) is 4.98 Å². The molecule has 0 fully saturated rings. The molecule has 0 bridgehead atoms. The van der Waals surface area contributed by atoms with Crippen LogP contribution in [0.25, 0.3) is 22.4 Å². The summed E-state index contributed by atoms with van der Waals surface area (Å²) in [5.74, 6) is -1.81. The quantitative estimate of drug-likeness (QED) is 0.370. The molecule has 4 rings (SSSR count). The van der Waals surface area contributed by atoms with Gasteiger partial charge in [-0.15, -0.1) is 0 Å². The minimum absolute atomic E-state index is 0.0290. The second kappa shape index (κ2) is 8.66. The van der Waals surface area contributed by atoms with Crippen LogP contribution in [0.2, 0.25) is 0 Å². The number of carboxylic acids is 1. The number of aryl methyl sites for hydroxylation is 1. The van der Waals surface area contributed by atoms with Gasteiger partial charge in [-0.05, 0) is 49.7 Å². The number of aromatic nitrogens is 1. The number of alkyl halides is 3. The van der Waals surface area contributed by atoms with E-state index < -0.39 is 34.9 Å². The third-order valence-corrected chi connectivity index (χ3v) is 5.34. The van der Waals surface area contributed by atoms with Crippen LogP contribution < -0.4 is 10.7 Å². The van der Waals surface area contributed by atoms with Crippen LogP contribution in [-0.2, 0) is 6.18 Å². The van der Waals surface area contributed by atoms with Crippen molar-refractivity contribution in [2.24, 2.45) is 0 Å². The third kappa shape index (κ3) is 4.24. The zero-order valence-electron chi connectivity index (χ0n) is 18.1. The maximum Gasteiger partial charge on any atom is 0.423 e. The standard InChI is InChI=1S/C25H19F3N2O4/c1-13-11-16(14(2)30-18-8-4-3-7-15(18)24(32)33)22-17(12-13)21(31)20(25(26,27)28)23(34-22)19-9-5-6-10-29-19/h3-12,14,30H,1-2H3,(H,32,33). The van der Waals surface area contributed by atoms with Gasteiger partial charge in [0.2, 0.25) is 5.43 Å². The monoisotopic (exact) mass is 468 g/mol. The van der Waals surface area contributed by atoms with Gasteiger partial charge in [0.05, 0.1) is 17.0 Å². The number of halogens is 3. The summed E-state index contributed by atoms with van der Waals surface area (Å²) in [4.78, 5) is 28.6. The third-order valence-electron chi connectivity index (χ3n) is 5.34. The maximum absolute atomic E-state index is 13.9. The van der Waals surface area contributed by atoms with Crippen molar-refractivity contribution >= 4 is 22.6 Å². The topological polar surface area (TPSA) is 92.4 Å². The molecule has 0 spiro atoms. The van der Waals surface area contributed by atoms with Crippen molar-refractivity contribution in [1.29, 1.82) is 0 Å². The number of hydrogen-bond donors (Lipinski definition) is 2. The Labute approximate surface area is 191 Å². The fourth-order valence-corrected chi connectivity index (χ4v) is 3.84. The van der Waals surface area contributed by atoms with Crippen LogP contribution in [0.15, 0.2) is 70.0 Å². The molecule has 2 aromatic heterocycles. The van der Waals surface area contributed by atoms with Crippen molar-refractivity contribution in [2.75, 3.05) is 5.32 Å². The van der Waals surface area contributed by atoms with Crippen LogP contribution in [0.5, 0.6) is 0 Å². The van der Waals surface area contributed by atoms with Gasteiger partial charge in [-0.3, -0.25) is 9.78 Å². The Kier molecular flexibility index (Phi) is 5.87. The zero-order chi connectivity index (χ0) is 24.6. The van der Waals surface area contributed by atoms with E-state index in [9.17, 15) is 27.9 Å². The second-order valence-electron chi connectivity index (χ2n) is 7.80. The van der Waals surface area contributed by atoms with Crippen molar-refractivity contribution in [3.05, 3.63) is 93.3 Å². The van der Waals surface area contributed by atoms with E-state index in [1.54, 1.807) is 38.1 Å². The first-order valence-electron chi connectivity index (χ1n) is 10.3. The van der Waals surface area contributed by atoms with E-state index in [4.69, 9.17) is 4.42 Å². The van der Waals surface area contributed by atoms with Gasteiger partial charge >= 0.3 is 12.1 Å². The minimum Gasteiger partial charge on any atom is -0.478 e. The summed E-state index contributed by atoms with van der Waals surface area (Å²) < 4.78 is 47.6. The Hall–Kier alpha value is -4.14. The SMILES string of the molecule is Cc1cc(C(C)Nc2ccccc2C(=O)O)c2oc(-c3ccccn3)c(C(F)(F)F)c(=O)c2c1. The first-order valence-corrected chi connectivity index (χ1v) is 10.3. The molecular weight excluding hydrogens is 449 g/mol. The van der Waals surface area contributed by atoms with E-state index in [1.807, 2.05) is 0 Å². The highest BCUT2D eigenvalue weighted by Crippen LogP contribution is 2.38. The molecule has 9 heteroatoms. The van der Waals surface area contributed by atoms with E-state index >= 15 is 0 Å². The molecule has 4 aromatic rings. The highest BCUT2D eigenvalue weighted by Gasteiger charge is 2.40. The summed E-state index contributed by atoms with van der Waals surface area (Å²) >= 11 is 0. The molecule has 0 saturated heterocycles. The number of carbonyl (C=O) groups is 1. The zero-order valence-corrected chi connectivity index (χ0v) is 18.1. The number of carboxylic acid groups (broad SMARTS) is 1. The molecule has 6 nitrogen and oxygen atoms in total. The molecule has 0 amide bonds. The maximum atomic E-state index is 13.9. The summed E-state index contributed by atoms with van der Waals surface area (Å²) in [5.41, 5.74) is -1.50. The second-order valence-corrected chi connectivity index (χ2v) is 7.80. The van der Waals surface area contributed by atoms with Crippen LogP contribution in [0.3, 0.4) is 0 Å². The van der Waals surface area contributed by atoms with Crippen molar-refractivity contribution in [3.63, 3.8) is 0 Å². The van der Waals surface area contributed by atoms with Crippen LogP contribution in [0, 0.1) is 6.92 Å². The lowest BCUT2D eigenvalue weighted by molar-refractivity contribution is -0.138. The lowest BCUT2D eigenvalue weighted by Crippen LogP contribution is -2.22. The number of benzene rings is 2. The molecule has 1 atom stereocenters. The summed E-state index contributed by atoms with van der Waals surface area (Å²) in [6, 6.07) is 13.0. The van der Waals surface area contributed by atoms with E-state index in [-0.39, 0.29) is 22.2 Å². The summed E-state index contributed by atoms with van der Waals surface area (Å²) in [6.45, 7) is 3.35. The number of pyridine rings is 1. The van der Waals surface area contributed by atoms with E-state index in [0.717, 1.165) is 0 Å². The number of para-hydroxylation sites is 1. The Balaban J connectivity index is 1.97. The number of nitrogens with zero attached hydrogens (tertiary/aromatic N) is 1. The Morgan fingerprint density at radius 3 is 2.47 bits per heavy atom. The summed E-state index contributed by atoms with van der Waals surface area (Å²) in [7, 11) is 0. The predicted molar refractivity (Wildman–Crippen MR) is 121 cm³/mol. The molecule has 2 heterocycles. The van der Waals surface area contributed by atoms with Gasteiger partial charge in [0, 0.05) is 17.4 Å². The highest BCUT2D eigenvalue weighted by atomic mass is 19.4. The van der Waals surface area contributed by atoms with Crippen LogP contribution in [0.4, 0.5) is 18.9 Å². The molecule has 1 unspecified atom stereocenters. The number of fused-ring (bicyclic) bond motifs is 1. The lowest BCUT2D eigenvalue weighted by Gasteiger charge is -2.20. The first-order chi connectivity index (χ1) is 16.1. The first kappa shape index (κ1) is 23.0. The van der Waals surface area contributed by atoms with Crippen LogP contribution in [0.1, 0.15) is 40.0 Å².